The summed E-state index contributed by atoms with van der Waals surface area (Å²) in [5, 5.41) is 11.3. The molecule has 1 fully saturated rings. The number of nitrogens with zero attached hydrogens (tertiary/aromatic N) is 2. The molecule has 1 amide bonds. The molecule has 2 aromatic rings. The van der Waals surface area contributed by atoms with E-state index in [4.69, 9.17) is 9.47 Å². The standard InChI is InChI=1S/C31H42N2O5/c1-7-32(8-2)17-18-33-28(24-14-15-25(26(20-24)37-9-3)38-19-16-21(4)5)27(30(35)31(33)36)29(34)23-12-10-22(6)11-13-23/h10-15,20-21,28,34H,7-9,16-19H2,1-6H3. The van der Waals surface area contributed by atoms with Gasteiger partial charge >= 0.3 is 0 Å². The van der Waals surface area contributed by atoms with Crippen molar-refractivity contribution in [3.63, 3.8) is 0 Å². The lowest BCUT2D eigenvalue weighted by atomic mass is 9.94. The van der Waals surface area contributed by atoms with Gasteiger partial charge in [-0.3, -0.25) is 9.59 Å². The fraction of sp³-hybridized carbons (Fsp3) is 0.484. The van der Waals surface area contributed by atoms with Crippen molar-refractivity contribution in [3.05, 3.63) is 64.7 Å². The van der Waals surface area contributed by atoms with E-state index in [2.05, 4.69) is 32.6 Å². The fourth-order valence-electron chi connectivity index (χ4n) is 4.60. The summed E-state index contributed by atoms with van der Waals surface area (Å²) in [5.41, 5.74) is 2.32. The first-order valence-electron chi connectivity index (χ1n) is 13.7. The minimum absolute atomic E-state index is 0.0920. The third kappa shape index (κ3) is 6.76. The van der Waals surface area contributed by atoms with Gasteiger partial charge in [0, 0.05) is 18.7 Å². The van der Waals surface area contributed by atoms with Crippen molar-refractivity contribution in [2.24, 2.45) is 5.92 Å². The number of likely N-dealkylation sites (N-methyl/N-ethyl adjacent to an activating group) is 1. The number of Topliss-reactive ketones (excluding diaryl/α,β-unsaturated/α-hetero) is 1. The minimum atomic E-state index is -0.740. The molecule has 7 nitrogen and oxygen atoms in total. The van der Waals surface area contributed by atoms with Crippen LogP contribution < -0.4 is 9.47 Å². The van der Waals surface area contributed by atoms with Crippen LogP contribution in [0.2, 0.25) is 0 Å². The lowest BCUT2D eigenvalue weighted by molar-refractivity contribution is -0.140. The number of ketones is 1. The van der Waals surface area contributed by atoms with Crippen molar-refractivity contribution < 1.29 is 24.2 Å². The van der Waals surface area contributed by atoms with Crippen molar-refractivity contribution in [2.45, 2.75) is 54.0 Å². The number of carbonyl (C=O) groups is 2. The van der Waals surface area contributed by atoms with Gasteiger partial charge in [0.25, 0.3) is 11.7 Å². The molecule has 206 valence electrons. The molecule has 1 atom stereocenters. The third-order valence-electron chi connectivity index (χ3n) is 6.95. The van der Waals surface area contributed by atoms with E-state index < -0.39 is 17.7 Å². The van der Waals surface area contributed by atoms with Gasteiger partial charge in [-0.2, -0.15) is 0 Å². The molecule has 1 heterocycles. The molecule has 1 unspecified atom stereocenters. The Morgan fingerprint density at radius 3 is 2.29 bits per heavy atom. The summed E-state index contributed by atoms with van der Waals surface area (Å²) in [6.07, 6.45) is 0.912. The average molecular weight is 523 g/mol. The Balaban J connectivity index is 2.09. The Kier molecular flexibility index (Phi) is 10.4. The van der Waals surface area contributed by atoms with Gasteiger partial charge in [-0.15, -0.1) is 0 Å². The van der Waals surface area contributed by atoms with Gasteiger partial charge in [0.15, 0.2) is 11.5 Å². The predicted molar refractivity (Wildman–Crippen MR) is 151 cm³/mol. The van der Waals surface area contributed by atoms with Crippen LogP contribution in [0.5, 0.6) is 11.5 Å². The number of amides is 1. The first-order chi connectivity index (χ1) is 18.2. The molecule has 0 aliphatic carbocycles. The number of benzene rings is 2. The molecule has 0 spiro atoms. The summed E-state index contributed by atoms with van der Waals surface area (Å²) in [7, 11) is 0. The zero-order valence-corrected chi connectivity index (χ0v) is 23.6. The van der Waals surface area contributed by atoms with Gasteiger partial charge in [-0.1, -0.05) is 63.6 Å². The maximum atomic E-state index is 13.4. The number of likely N-dealkylation sites (tertiary alicyclic amines) is 1. The largest absolute Gasteiger partial charge is 0.507 e. The summed E-state index contributed by atoms with van der Waals surface area (Å²) in [5.74, 6) is 0.230. The predicted octanol–water partition coefficient (Wildman–Crippen LogP) is 5.58. The highest BCUT2D eigenvalue weighted by molar-refractivity contribution is 6.46. The SMILES string of the molecule is CCOc1cc(C2C(=C(O)c3ccc(C)cc3)C(=O)C(=O)N2CCN(CC)CC)ccc1OCCC(C)C. The first-order valence-corrected chi connectivity index (χ1v) is 13.7. The van der Waals surface area contributed by atoms with E-state index >= 15 is 0 Å². The van der Waals surface area contributed by atoms with Gasteiger partial charge in [0.2, 0.25) is 0 Å². The zero-order valence-electron chi connectivity index (χ0n) is 23.6. The average Bonchev–Trinajstić information content (AvgIpc) is 3.15. The second-order valence-corrected chi connectivity index (χ2v) is 10.1. The maximum Gasteiger partial charge on any atom is 0.295 e. The molecule has 1 saturated heterocycles. The summed E-state index contributed by atoms with van der Waals surface area (Å²) in [6.45, 7) is 15.9. The van der Waals surface area contributed by atoms with Gasteiger partial charge in [0.05, 0.1) is 24.8 Å². The summed E-state index contributed by atoms with van der Waals surface area (Å²) in [6, 6.07) is 12.1. The third-order valence-corrected chi connectivity index (χ3v) is 6.95. The fourth-order valence-corrected chi connectivity index (χ4v) is 4.60. The van der Waals surface area contributed by atoms with E-state index in [0.29, 0.717) is 54.8 Å². The Bertz CT molecular complexity index is 1140. The van der Waals surface area contributed by atoms with E-state index in [1.54, 1.807) is 17.0 Å². The zero-order chi connectivity index (χ0) is 27.8. The van der Waals surface area contributed by atoms with E-state index in [-0.39, 0.29) is 11.3 Å². The molecule has 1 aliphatic heterocycles. The molecule has 0 aromatic heterocycles. The lowest BCUT2D eigenvalue weighted by Gasteiger charge is -2.28. The number of aliphatic hydroxyl groups is 1. The Hall–Kier alpha value is -3.32. The number of aryl methyl sites for hydroxylation is 1. The van der Waals surface area contributed by atoms with Crippen LogP contribution in [0.15, 0.2) is 48.0 Å². The highest BCUT2D eigenvalue weighted by Crippen LogP contribution is 2.42. The molecule has 0 radical (unpaired) electrons. The quantitative estimate of drug-likeness (QED) is 0.210. The van der Waals surface area contributed by atoms with Crippen LogP contribution >= 0.6 is 0 Å². The molecule has 38 heavy (non-hydrogen) atoms. The number of ether oxygens (including phenoxy) is 2. The van der Waals surface area contributed by atoms with Gasteiger partial charge < -0.3 is 24.4 Å². The summed E-state index contributed by atoms with van der Waals surface area (Å²) >= 11 is 0. The second-order valence-electron chi connectivity index (χ2n) is 10.1. The maximum absolute atomic E-state index is 13.4. The van der Waals surface area contributed by atoms with Crippen LogP contribution in [-0.2, 0) is 9.59 Å². The van der Waals surface area contributed by atoms with E-state index in [1.807, 2.05) is 44.2 Å². The van der Waals surface area contributed by atoms with Crippen molar-refractivity contribution >= 4 is 17.4 Å². The molecule has 0 bridgehead atoms. The van der Waals surface area contributed by atoms with Crippen LogP contribution in [0, 0.1) is 12.8 Å². The Labute approximate surface area is 227 Å². The number of hydrogen-bond donors (Lipinski definition) is 1. The van der Waals surface area contributed by atoms with Crippen molar-refractivity contribution in [3.8, 4) is 11.5 Å². The highest BCUT2D eigenvalue weighted by Gasteiger charge is 2.46. The van der Waals surface area contributed by atoms with Crippen molar-refractivity contribution in [1.82, 2.24) is 9.80 Å². The van der Waals surface area contributed by atoms with Crippen LogP contribution in [0.25, 0.3) is 5.76 Å². The molecular formula is C31H42N2O5. The lowest BCUT2D eigenvalue weighted by Crippen LogP contribution is -2.38. The van der Waals surface area contributed by atoms with Gasteiger partial charge in [0.1, 0.15) is 5.76 Å². The Morgan fingerprint density at radius 1 is 1.00 bits per heavy atom. The first kappa shape index (κ1) is 29.2. The van der Waals surface area contributed by atoms with Crippen LogP contribution in [0.4, 0.5) is 0 Å². The molecule has 1 N–H and O–H groups in total. The van der Waals surface area contributed by atoms with Gasteiger partial charge in [-0.25, -0.2) is 0 Å². The van der Waals surface area contributed by atoms with E-state index in [9.17, 15) is 14.7 Å². The molecule has 2 aromatic carbocycles. The molecular weight excluding hydrogens is 480 g/mol. The molecule has 3 rings (SSSR count). The summed E-state index contributed by atoms with van der Waals surface area (Å²) < 4.78 is 11.9. The van der Waals surface area contributed by atoms with Crippen molar-refractivity contribution in [2.75, 3.05) is 39.4 Å². The highest BCUT2D eigenvalue weighted by atomic mass is 16.5. The van der Waals surface area contributed by atoms with E-state index in [1.165, 1.54) is 0 Å². The minimum Gasteiger partial charge on any atom is -0.507 e. The number of carbonyl (C=O) groups excluding carboxylic acids is 2. The van der Waals surface area contributed by atoms with Gasteiger partial charge in [-0.05, 0) is 57.0 Å². The van der Waals surface area contributed by atoms with Crippen molar-refractivity contribution in [1.29, 1.82) is 0 Å². The number of aliphatic hydroxyl groups excluding tert-OH is 1. The molecule has 1 aliphatic rings. The summed E-state index contributed by atoms with van der Waals surface area (Å²) in [4.78, 5) is 30.5. The smallest absolute Gasteiger partial charge is 0.295 e. The Morgan fingerprint density at radius 2 is 1.68 bits per heavy atom. The number of rotatable bonds is 13. The normalized spacial score (nSPS) is 17.1. The van der Waals surface area contributed by atoms with Crippen LogP contribution in [0.1, 0.15) is 63.8 Å². The molecule has 7 heteroatoms. The van der Waals surface area contributed by atoms with E-state index in [0.717, 1.165) is 25.1 Å². The number of hydrogen-bond acceptors (Lipinski definition) is 6. The second kappa shape index (κ2) is 13.5. The monoisotopic (exact) mass is 522 g/mol. The molecule has 0 saturated carbocycles. The van der Waals surface area contributed by atoms with Crippen LogP contribution in [-0.4, -0.2) is 66.0 Å². The van der Waals surface area contributed by atoms with Crippen LogP contribution in [0.3, 0.4) is 0 Å². The topological polar surface area (TPSA) is 79.3 Å².